The first kappa shape index (κ1) is 19.8. The van der Waals surface area contributed by atoms with Crippen LogP contribution in [0.5, 0.6) is 0 Å². The Morgan fingerprint density at radius 3 is 1.45 bits per heavy atom. The lowest BCUT2D eigenvalue weighted by Crippen LogP contribution is -2.36. The Hall–Kier alpha value is -0.240. The largest absolute Gasteiger partial charge is 0.382 e. The van der Waals surface area contributed by atoms with Crippen LogP contribution in [-0.4, -0.2) is 79.0 Å². The Morgan fingerprint density at radius 1 is 0.700 bits per heavy atom. The molecule has 0 aromatic heterocycles. The molecule has 0 saturated carbocycles. The fourth-order valence-corrected chi connectivity index (χ4v) is 1.57. The third-order valence-corrected chi connectivity index (χ3v) is 2.72. The third-order valence-electron chi connectivity index (χ3n) is 2.72. The number of methoxy groups -OCH3 is 2. The van der Waals surface area contributed by atoms with E-state index in [9.17, 15) is 0 Å². The van der Waals surface area contributed by atoms with E-state index in [2.05, 4.69) is 24.5 Å². The maximum atomic E-state index is 5.54. The zero-order valence-corrected chi connectivity index (χ0v) is 13.4. The van der Waals surface area contributed by atoms with E-state index >= 15 is 0 Å². The van der Waals surface area contributed by atoms with Gasteiger partial charge in [0.05, 0.1) is 38.6 Å². The topological polar surface area (TPSA) is 61.0 Å². The number of hydrogen-bond donors (Lipinski definition) is 2. The average molecular weight is 292 g/mol. The van der Waals surface area contributed by atoms with Crippen molar-refractivity contribution in [2.75, 3.05) is 66.8 Å². The zero-order chi connectivity index (χ0) is 15.1. The fourth-order valence-electron chi connectivity index (χ4n) is 1.57. The van der Waals surface area contributed by atoms with Gasteiger partial charge in [-0.3, -0.25) is 0 Å². The van der Waals surface area contributed by atoms with Gasteiger partial charge in [0.1, 0.15) is 0 Å². The van der Waals surface area contributed by atoms with E-state index in [1.165, 1.54) is 0 Å². The molecule has 0 radical (unpaired) electrons. The highest BCUT2D eigenvalue weighted by Gasteiger charge is 2.02. The molecule has 0 aliphatic heterocycles. The van der Waals surface area contributed by atoms with Crippen molar-refractivity contribution in [3.63, 3.8) is 0 Å². The molecule has 0 spiro atoms. The van der Waals surface area contributed by atoms with Crippen LogP contribution in [0.2, 0.25) is 0 Å². The van der Waals surface area contributed by atoms with Crippen LogP contribution < -0.4 is 10.6 Å². The Labute approximate surface area is 123 Å². The van der Waals surface area contributed by atoms with Gasteiger partial charge in [-0.05, 0) is 13.8 Å². The number of ether oxygens (including phenoxy) is 4. The summed E-state index contributed by atoms with van der Waals surface area (Å²) in [5, 5.41) is 6.70. The van der Waals surface area contributed by atoms with Crippen LogP contribution in [-0.2, 0) is 18.9 Å². The van der Waals surface area contributed by atoms with Crippen LogP contribution >= 0.6 is 0 Å². The van der Waals surface area contributed by atoms with Gasteiger partial charge < -0.3 is 29.6 Å². The summed E-state index contributed by atoms with van der Waals surface area (Å²) < 4.78 is 20.9. The zero-order valence-electron chi connectivity index (χ0n) is 13.4. The summed E-state index contributed by atoms with van der Waals surface area (Å²) in [5.41, 5.74) is 0. The Kier molecular flexibility index (Phi) is 15.0. The summed E-state index contributed by atoms with van der Waals surface area (Å²) in [4.78, 5) is 0. The van der Waals surface area contributed by atoms with Gasteiger partial charge >= 0.3 is 0 Å². The lowest BCUT2D eigenvalue weighted by Gasteiger charge is -2.15. The van der Waals surface area contributed by atoms with Crippen LogP contribution in [0.15, 0.2) is 0 Å². The average Bonchev–Trinajstić information content (AvgIpc) is 2.43. The molecule has 0 aromatic carbocycles. The first-order chi connectivity index (χ1) is 9.70. The van der Waals surface area contributed by atoms with Crippen molar-refractivity contribution in [2.24, 2.45) is 0 Å². The maximum absolute atomic E-state index is 5.54. The molecule has 20 heavy (non-hydrogen) atoms. The lowest BCUT2D eigenvalue weighted by atomic mass is 10.4. The van der Waals surface area contributed by atoms with Gasteiger partial charge in [-0.15, -0.1) is 0 Å². The predicted molar refractivity (Wildman–Crippen MR) is 80.3 cm³/mol. The van der Waals surface area contributed by atoms with Crippen LogP contribution in [0.1, 0.15) is 13.8 Å². The molecule has 0 amide bonds. The van der Waals surface area contributed by atoms with E-state index < -0.39 is 0 Å². The minimum atomic E-state index is 0.210. The molecule has 0 aromatic rings. The van der Waals surface area contributed by atoms with Gasteiger partial charge in [-0.2, -0.15) is 0 Å². The van der Waals surface area contributed by atoms with Crippen molar-refractivity contribution < 1.29 is 18.9 Å². The normalized spacial score (nSPS) is 14.4. The summed E-state index contributed by atoms with van der Waals surface area (Å²) in [6.07, 6.45) is 0.419. The summed E-state index contributed by atoms with van der Waals surface area (Å²) in [5.74, 6) is 0. The molecule has 0 saturated heterocycles. The minimum absolute atomic E-state index is 0.210. The Bertz CT molecular complexity index is 176. The van der Waals surface area contributed by atoms with Crippen molar-refractivity contribution in [2.45, 2.75) is 26.1 Å². The molecule has 6 nitrogen and oxygen atoms in total. The number of hydrogen-bond acceptors (Lipinski definition) is 6. The molecule has 2 N–H and O–H groups in total. The molecular weight excluding hydrogens is 260 g/mol. The Balaban J connectivity index is 3.22. The van der Waals surface area contributed by atoms with Crippen molar-refractivity contribution in [1.29, 1.82) is 0 Å². The predicted octanol–water partition coefficient (Wildman–Crippen LogP) is 0.269. The lowest BCUT2D eigenvalue weighted by molar-refractivity contribution is 0.0253. The van der Waals surface area contributed by atoms with Crippen LogP contribution in [0.4, 0.5) is 0 Å². The SMILES string of the molecule is COCCOC(C)CNCCNCC(C)OCCOC. The smallest absolute Gasteiger partial charge is 0.0704 e. The van der Waals surface area contributed by atoms with Crippen molar-refractivity contribution >= 4 is 0 Å². The highest BCUT2D eigenvalue weighted by Crippen LogP contribution is 1.89. The summed E-state index contributed by atoms with van der Waals surface area (Å²) in [6.45, 7) is 10.2. The number of nitrogens with one attached hydrogen (secondary N) is 2. The summed E-state index contributed by atoms with van der Waals surface area (Å²) in [6, 6.07) is 0. The van der Waals surface area contributed by atoms with Crippen molar-refractivity contribution in [3.8, 4) is 0 Å². The Morgan fingerprint density at radius 2 is 1.10 bits per heavy atom. The highest BCUT2D eigenvalue weighted by molar-refractivity contribution is 4.60. The van der Waals surface area contributed by atoms with E-state index in [-0.39, 0.29) is 12.2 Å². The summed E-state index contributed by atoms with van der Waals surface area (Å²) in [7, 11) is 3.36. The van der Waals surface area contributed by atoms with Gasteiger partial charge in [-0.1, -0.05) is 0 Å². The molecule has 0 aliphatic rings. The fraction of sp³-hybridized carbons (Fsp3) is 1.00. The van der Waals surface area contributed by atoms with Crippen molar-refractivity contribution in [1.82, 2.24) is 10.6 Å². The van der Waals surface area contributed by atoms with Crippen molar-refractivity contribution in [3.05, 3.63) is 0 Å². The molecule has 0 bridgehead atoms. The van der Waals surface area contributed by atoms with Gasteiger partial charge in [0.2, 0.25) is 0 Å². The molecule has 122 valence electrons. The second-order valence-electron chi connectivity index (χ2n) is 4.76. The minimum Gasteiger partial charge on any atom is -0.382 e. The van der Waals surface area contributed by atoms with Gasteiger partial charge in [0, 0.05) is 40.4 Å². The third kappa shape index (κ3) is 14.2. The van der Waals surface area contributed by atoms with E-state index in [1.807, 2.05) is 0 Å². The molecular formula is C14H32N2O4. The van der Waals surface area contributed by atoms with E-state index in [4.69, 9.17) is 18.9 Å². The van der Waals surface area contributed by atoms with E-state index in [1.54, 1.807) is 14.2 Å². The second kappa shape index (κ2) is 15.2. The van der Waals surface area contributed by atoms with Gasteiger partial charge in [0.15, 0.2) is 0 Å². The van der Waals surface area contributed by atoms with Gasteiger partial charge in [0.25, 0.3) is 0 Å². The molecule has 0 rings (SSSR count). The van der Waals surface area contributed by atoms with E-state index in [0.29, 0.717) is 26.4 Å². The van der Waals surface area contributed by atoms with Crippen LogP contribution in [0.3, 0.4) is 0 Å². The quantitative estimate of drug-likeness (QED) is 0.423. The second-order valence-corrected chi connectivity index (χ2v) is 4.76. The van der Waals surface area contributed by atoms with Crippen LogP contribution in [0, 0.1) is 0 Å². The molecule has 6 heteroatoms. The van der Waals surface area contributed by atoms with Gasteiger partial charge in [-0.25, -0.2) is 0 Å². The highest BCUT2D eigenvalue weighted by atomic mass is 16.5. The first-order valence-electron chi connectivity index (χ1n) is 7.33. The maximum Gasteiger partial charge on any atom is 0.0704 e. The molecule has 0 heterocycles. The number of rotatable bonds is 15. The molecule has 0 aliphatic carbocycles. The molecule has 2 atom stereocenters. The first-order valence-corrected chi connectivity index (χ1v) is 7.33. The monoisotopic (exact) mass is 292 g/mol. The summed E-state index contributed by atoms with van der Waals surface area (Å²) >= 11 is 0. The van der Waals surface area contributed by atoms with Crippen LogP contribution in [0.25, 0.3) is 0 Å². The van der Waals surface area contributed by atoms with E-state index in [0.717, 1.165) is 26.2 Å². The molecule has 2 unspecified atom stereocenters. The molecule has 0 fully saturated rings. The standard InChI is InChI=1S/C14H32N2O4/c1-13(19-9-7-17-3)11-15-5-6-16-12-14(2)20-10-8-18-4/h13-16H,5-12H2,1-4H3.